The van der Waals surface area contributed by atoms with Gasteiger partial charge in [-0.15, -0.1) is 0 Å². The third-order valence-corrected chi connectivity index (χ3v) is 6.47. The predicted molar refractivity (Wildman–Crippen MR) is 140 cm³/mol. The number of ether oxygens (including phenoxy) is 1. The van der Waals surface area contributed by atoms with E-state index in [1.165, 1.54) is 5.69 Å². The molecule has 0 spiro atoms. The Morgan fingerprint density at radius 3 is 2.49 bits per heavy atom. The van der Waals surface area contributed by atoms with Gasteiger partial charge in [0.05, 0.1) is 11.0 Å². The van der Waals surface area contributed by atoms with Gasteiger partial charge < -0.3 is 24.4 Å². The second kappa shape index (κ2) is 10.2. The minimum Gasteiger partial charge on any atom is -0.486 e. The molecule has 0 radical (unpaired) electrons. The smallest absolute Gasteiger partial charge is 0.244 e. The zero-order valence-electron chi connectivity index (χ0n) is 20.3. The summed E-state index contributed by atoms with van der Waals surface area (Å²) in [5.41, 5.74) is 4.96. The molecule has 0 saturated carbocycles. The quantitative estimate of drug-likeness (QED) is 0.437. The number of nitrogens with zero attached hydrogens (tertiary/aromatic N) is 4. The number of hydrogen-bond acceptors (Lipinski definition) is 5. The molecule has 0 aliphatic carbocycles. The summed E-state index contributed by atoms with van der Waals surface area (Å²) in [7, 11) is 2.16. The minimum absolute atomic E-state index is 0.0964. The van der Waals surface area contributed by atoms with E-state index in [2.05, 4.69) is 41.2 Å². The van der Waals surface area contributed by atoms with Crippen molar-refractivity contribution in [2.24, 2.45) is 0 Å². The molecule has 0 unspecified atom stereocenters. The number of benzene rings is 3. The molecular formula is C28H31N5O2. The first-order valence-corrected chi connectivity index (χ1v) is 12.0. The van der Waals surface area contributed by atoms with Crippen LogP contribution < -0.4 is 15.0 Å². The summed E-state index contributed by atoms with van der Waals surface area (Å²) >= 11 is 0. The number of fused-ring (bicyclic) bond motifs is 1. The van der Waals surface area contributed by atoms with Gasteiger partial charge in [-0.1, -0.05) is 30.3 Å². The summed E-state index contributed by atoms with van der Waals surface area (Å²) in [6, 6.07) is 23.6. The highest BCUT2D eigenvalue weighted by Crippen LogP contribution is 2.25. The summed E-state index contributed by atoms with van der Waals surface area (Å²) < 4.78 is 7.86. The first kappa shape index (κ1) is 22.9. The molecule has 1 amide bonds. The van der Waals surface area contributed by atoms with Crippen LogP contribution in [-0.2, 0) is 17.9 Å². The van der Waals surface area contributed by atoms with E-state index in [0.717, 1.165) is 54.2 Å². The van der Waals surface area contributed by atoms with Crippen LogP contribution in [0.5, 0.6) is 5.75 Å². The molecule has 4 aromatic rings. The highest BCUT2D eigenvalue weighted by molar-refractivity contribution is 5.92. The molecule has 35 heavy (non-hydrogen) atoms. The topological polar surface area (TPSA) is 62.6 Å². The molecule has 2 heterocycles. The van der Waals surface area contributed by atoms with Crippen LogP contribution in [-0.4, -0.2) is 53.6 Å². The number of likely N-dealkylation sites (N-methyl/N-ethyl adjacent to an activating group) is 1. The second-order valence-electron chi connectivity index (χ2n) is 9.04. The van der Waals surface area contributed by atoms with Gasteiger partial charge >= 0.3 is 0 Å². The predicted octanol–water partition coefficient (Wildman–Crippen LogP) is 4.31. The first-order valence-electron chi connectivity index (χ1n) is 12.0. The van der Waals surface area contributed by atoms with Gasteiger partial charge in [0.15, 0.2) is 0 Å². The number of aromatic nitrogens is 2. The number of rotatable bonds is 7. The number of aryl methyl sites for hydroxylation is 1. The van der Waals surface area contributed by atoms with Crippen LogP contribution in [0.1, 0.15) is 11.4 Å². The SMILES string of the molecule is Cc1cc(NC(=O)Cn2c(COc3ccccc3)nc3ccccc32)ccc1N1CCN(C)CC1. The van der Waals surface area contributed by atoms with E-state index in [1.807, 2.05) is 65.2 Å². The highest BCUT2D eigenvalue weighted by atomic mass is 16.5. The minimum atomic E-state index is -0.0964. The van der Waals surface area contributed by atoms with Crippen molar-refractivity contribution >= 4 is 28.3 Å². The fourth-order valence-corrected chi connectivity index (χ4v) is 4.56. The summed E-state index contributed by atoms with van der Waals surface area (Å²) in [6.45, 7) is 6.71. The van der Waals surface area contributed by atoms with Crippen molar-refractivity contribution in [1.82, 2.24) is 14.5 Å². The summed E-state index contributed by atoms with van der Waals surface area (Å²) in [6.07, 6.45) is 0. The van der Waals surface area contributed by atoms with Crippen molar-refractivity contribution in [3.05, 3.63) is 84.2 Å². The van der Waals surface area contributed by atoms with Crippen molar-refractivity contribution < 1.29 is 9.53 Å². The van der Waals surface area contributed by atoms with Gasteiger partial charge in [0.1, 0.15) is 24.7 Å². The van der Waals surface area contributed by atoms with Crippen LogP contribution in [0.2, 0.25) is 0 Å². The second-order valence-corrected chi connectivity index (χ2v) is 9.04. The number of imidazole rings is 1. The van der Waals surface area contributed by atoms with Crippen molar-refractivity contribution in [2.75, 3.05) is 43.4 Å². The zero-order chi connectivity index (χ0) is 24.2. The number of carbonyl (C=O) groups is 1. The molecule has 1 fully saturated rings. The molecule has 180 valence electrons. The lowest BCUT2D eigenvalue weighted by molar-refractivity contribution is -0.116. The van der Waals surface area contributed by atoms with E-state index in [9.17, 15) is 4.79 Å². The molecule has 1 aromatic heterocycles. The lowest BCUT2D eigenvalue weighted by Gasteiger charge is -2.35. The maximum absolute atomic E-state index is 13.1. The lowest BCUT2D eigenvalue weighted by atomic mass is 10.1. The number of amides is 1. The number of piperazine rings is 1. The third-order valence-electron chi connectivity index (χ3n) is 6.47. The summed E-state index contributed by atoms with van der Waals surface area (Å²) in [4.78, 5) is 22.5. The van der Waals surface area contributed by atoms with Crippen LogP contribution in [0, 0.1) is 6.92 Å². The molecular weight excluding hydrogens is 438 g/mol. The van der Waals surface area contributed by atoms with Gasteiger partial charge in [-0.2, -0.15) is 0 Å². The average molecular weight is 470 g/mol. The molecule has 0 bridgehead atoms. The van der Waals surface area contributed by atoms with E-state index in [-0.39, 0.29) is 19.1 Å². The van der Waals surface area contributed by atoms with Crippen LogP contribution in [0.3, 0.4) is 0 Å². The van der Waals surface area contributed by atoms with Crippen molar-refractivity contribution in [1.29, 1.82) is 0 Å². The number of anilines is 2. The van der Waals surface area contributed by atoms with E-state index in [0.29, 0.717) is 5.82 Å². The first-order chi connectivity index (χ1) is 17.1. The standard InChI is InChI=1S/C28H31N5O2/c1-21-18-22(12-13-25(21)32-16-14-31(2)15-17-32)29-28(34)19-33-26-11-7-6-10-24(26)30-27(33)20-35-23-8-4-3-5-9-23/h3-13,18H,14-17,19-20H2,1-2H3,(H,29,34). The number of carbonyl (C=O) groups excluding carboxylic acids is 1. The highest BCUT2D eigenvalue weighted by Gasteiger charge is 2.17. The maximum atomic E-state index is 13.1. The zero-order valence-corrected chi connectivity index (χ0v) is 20.3. The molecule has 5 rings (SSSR count). The Labute approximate surface area is 205 Å². The summed E-state index contributed by atoms with van der Waals surface area (Å²) in [5.74, 6) is 1.39. The number of hydrogen-bond donors (Lipinski definition) is 1. The lowest BCUT2D eigenvalue weighted by Crippen LogP contribution is -2.44. The Kier molecular flexibility index (Phi) is 6.68. The maximum Gasteiger partial charge on any atom is 0.244 e. The molecule has 7 heteroatoms. The fraction of sp³-hybridized carbons (Fsp3) is 0.286. The van der Waals surface area contributed by atoms with Gasteiger partial charge in [0.2, 0.25) is 5.91 Å². The Bertz CT molecular complexity index is 1310. The Balaban J connectivity index is 1.30. The van der Waals surface area contributed by atoms with Crippen LogP contribution >= 0.6 is 0 Å². The third kappa shape index (κ3) is 5.30. The Hall–Kier alpha value is -3.84. The van der Waals surface area contributed by atoms with Crippen molar-refractivity contribution in [3.63, 3.8) is 0 Å². The van der Waals surface area contributed by atoms with Crippen molar-refractivity contribution in [2.45, 2.75) is 20.1 Å². The molecule has 1 saturated heterocycles. The van der Waals surface area contributed by atoms with Gasteiger partial charge in [-0.05, 0) is 62.0 Å². The average Bonchev–Trinajstić information content (AvgIpc) is 3.21. The molecule has 3 aromatic carbocycles. The molecule has 0 atom stereocenters. The largest absolute Gasteiger partial charge is 0.486 e. The summed E-state index contributed by atoms with van der Waals surface area (Å²) in [5, 5.41) is 3.07. The molecule has 7 nitrogen and oxygen atoms in total. The number of nitrogens with one attached hydrogen (secondary N) is 1. The van der Waals surface area contributed by atoms with E-state index in [4.69, 9.17) is 9.72 Å². The van der Waals surface area contributed by atoms with Gasteiger partial charge in [-0.3, -0.25) is 4.79 Å². The van der Waals surface area contributed by atoms with Crippen LogP contribution in [0.15, 0.2) is 72.8 Å². The van der Waals surface area contributed by atoms with E-state index < -0.39 is 0 Å². The normalized spacial score (nSPS) is 14.3. The van der Waals surface area contributed by atoms with Crippen LogP contribution in [0.25, 0.3) is 11.0 Å². The van der Waals surface area contributed by atoms with E-state index >= 15 is 0 Å². The van der Waals surface area contributed by atoms with Gasteiger partial charge in [0, 0.05) is 37.6 Å². The Morgan fingerprint density at radius 1 is 0.971 bits per heavy atom. The molecule has 1 aliphatic heterocycles. The molecule has 1 aliphatic rings. The van der Waals surface area contributed by atoms with Gasteiger partial charge in [-0.25, -0.2) is 4.98 Å². The Morgan fingerprint density at radius 2 is 1.71 bits per heavy atom. The van der Waals surface area contributed by atoms with Crippen molar-refractivity contribution in [3.8, 4) is 5.75 Å². The number of para-hydroxylation sites is 3. The fourth-order valence-electron chi connectivity index (χ4n) is 4.56. The monoisotopic (exact) mass is 469 g/mol. The van der Waals surface area contributed by atoms with E-state index in [1.54, 1.807) is 0 Å². The van der Waals surface area contributed by atoms with Crippen LogP contribution in [0.4, 0.5) is 11.4 Å². The molecule has 1 N–H and O–H groups in total. The van der Waals surface area contributed by atoms with Gasteiger partial charge in [0.25, 0.3) is 0 Å².